The number of sulfonamides is 1. The van der Waals surface area contributed by atoms with Crippen LogP contribution in [0.4, 0.5) is 11.6 Å². The highest BCUT2D eigenvalue weighted by molar-refractivity contribution is 7.89. The maximum atomic E-state index is 12.5. The van der Waals surface area contributed by atoms with Gasteiger partial charge in [0.25, 0.3) is 0 Å². The molecule has 0 amide bonds. The lowest BCUT2D eigenvalue weighted by atomic mass is 10.3. The summed E-state index contributed by atoms with van der Waals surface area (Å²) in [5, 5.41) is 3.12. The number of aromatic nitrogens is 2. The van der Waals surface area contributed by atoms with Crippen molar-refractivity contribution >= 4 is 21.7 Å². The van der Waals surface area contributed by atoms with Crippen LogP contribution in [0.1, 0.15) is 12.8 Å². The van der Waals surface area contributed by atoms with Gasteiger partial charge in [0.05, 0.1) is 19.1 Å². The molecule has 9 nitrogen and oxygen atoms in total. The van der Waals surface area contributed by atoms with Crippen molar-refractivity contribution in [2.45, 2.75) is 17.7 Å². The van der Waals surface area contributed by atoms with Crippen LogP contribution in [0.15, 0.2) is 35.5 Å². The molecule has 0 atom stereocenters. The summed E-state index contributed by atoms with van der Waals surface area (Å²) in [6.07, 6.45) is 3.86. The molecule has 2 aromatic rings. The summed E-state index contributed by atoms with van der Waals surface area (Å²) < 4.78 is 37.8. The molecule has 1 aliphatic heterocycles. The molecule has 1 aromatic heterocycles. The highest BCUT2D eigenvalue weighted by Crippen LogP contribution is 2.29. The van der Waals surface area contributed by atoms with Crippen LogP contribution in [0.5, 0.6) is 11.5 Å². The SMILES string of the molecule is COc1ccc(S(=O)(=O)NCCNc2cc(N3CCCC3)ncn2)cc1OC. The Morgan fingerprint density at radius 1 is 1.04 bits per heavy atom. The molecule has 1 aliphatic rings. The van der Waals surface area contributed by atoms with Gasteiger partial charge in [-0.05, 0) is 25.0 Å². The van der Waals surface area contributed by atoms with Gasteiger partial charge < -0.3 is 19.7 Å². The smallest absolute Gasteiger partial charge is 0.240 e. The number of hydrogen-bond donors (Lipinski definition) is 2. The Kier molecular flexibility index (Phi) is 6.53. The number of ether oxygens (including phenoxy) is 2. The van der Waals surface area contributed by atoms with Crippen LogP contribution in [0.25, 0.3) is 0 Å². The van der Waals surface area contributed by atoms with Gasteiger partial charge in [-0.3, -0.25) is 0 Å². The first-order valence-electron chi connectivity index (χ1n) is 9.06. The van der Waals surface area contributed by atoms with Crippen LogP contribution < -0.4 is 24.4 Å². The lowest BCUT2D eigenvalue weighted by molar-refractivity contribution is 0.354. The molecule has 0 bridgehead atoms. The second-order valence-electron chi connectivity index (χ2n) is 6.30. The fraction of sp³-hybridized carbons (Fsp3) is 0.444. The van der Waals surface area contributed by atoms with Crippen molar-refractivity contribution in [3.8, 4) is 11.5 Å². The number of nitrogens with one attached hydrogen (secondary N) is 2. The maximum Gasteiger partial charge on any atom is 0.240 e. The van der Waals surface area contributed by atoms with Gasteiger partial charge in [0.2, 0.25) is 10.0 Å². The minimum Gasteiger partial charge on any atom is -0.493 e. The maximum absolute atomic E-state index is 12.5. The quantitative estimate of drug-likeness (QED) is 0.602. The van der Waals surface area contributed by atoms with E-state index in [-0.39, 0.29) is 11.4 Å². The van der Waals surface area contributed by atoms with Gasteiger partial charge in [0, 0.05) is 38.3 Å². The summed E-state index contributed by atoms with van der Waals surface area (Å²) in [5.41, 5.74) is 0. The van der Waals surface area contributed by atoms with Crippen molar-refractivity contribution in [2.24, 2.45) is 0 Å². The zero-order valence-electron chi connectivity index (χ0n) is 16.0. The fourth-order valence-corrected chi connectivity index (χ4v) is 4.05. The second kappa shape index (κ2) is 9.07. The molecule has 0 unspecified atom stereocenters. The molecule has 0 radical (unpaired) electrons. The zero-order chi connectivity index (χ0) is 20.0. The summed E-state index contributed by atoms with van der Waals surface area (Å²) in [6.45, 7) is 2.60. The van der Waals surface area contributed by atoms with E-state index in [0.29, 0.717) is 23.9 Å². The summed E-state index contributed by atoms with van der Waals surface area (Å²) in [5.74, 6) is 2.39. The van der Waals surface area contributed by atoms with Gasteiger partial charge in [-0.2, -0.15) is 0 Å². The van der Waals surface area contributed by atoms with E-state index in [2.05, 4.69) is 24.9 Å². The van der Waals surface area contributed by atoms with Gasteiger partial charge in [-0.1, -0.05) is 0 Å². The van der Waals surface area contributed by atoms with Gasteiger partial charge in [-0.15, -0.1) is 0 Å². The summed E-state index contributed by atoms with van der Waals surface area (Å²) in [4.78, 5) is 10.8. The van der Waals surface area contributed by atoms with E-state index in [9.17, 15) is 8.42 Å². The topological polar surface area (TPSA) is 106 Å². The number of rotatable bonds is 9. The highest BCUT2D eigenvalue weighted by atomic mass is 32.2. The molecule has 0 saturated carbocycles. The fourth-order valence-electron chi connectivity index (χ4n) is 3.01. The molecular formula is C18H25N5O4S. The molecule has 2 N–H and O–H groups in total. The Balaban J connectivity index is 1.55. The van der Waals surface area contributed by atoms with Crippen LogP contribution in [0, 0.1) is 0 Å². The average Bonchev–Trinajstić information content (AvgIpc) is 3.26. The third-order valence-corrected chi connectivity index (χ3v) is 5.93. The molecule has 1 saturated heterocycles. The molecule has 0 aliphatic carbocycles. The van der Waals surface area contributed by atoms with Crippen molar-refractivity contribution in [3.05, 3.63) is 30.6 Å². The van der Waals surface area contributed by atoms with Crippen LogP contribution in [0.2, 0.25) is 0 Å². The van der Waals surface area contributed by atoms with Crippen molar-refractivity contribution in [2.75, 3.05) is 50.6 Å². The molecule has 0 spiro atoms. The van der Waals surface area contributed by atoms with E-state index < -0.39 is 10.0 Å². The third-order valence-electron chi connectivity index (χ3n) is 4.47. The van der Waals surface area contributed by atoms with E-state index in [1.807, 2.05) is 6.07 Å². The van der Waals surface area contributed by atoms with E-state index in [4.69, 9.17) is 9.47 Å². The molecule has 1 aromatic carbocycles. The van der Waals surface area contributed by atoms with Crippen molar-refractivity contribution in [1.29, 1.82) is 0 Å². The minimum atomic E-state index is -3.66. The first kappa shape index (κ1) is 20.2. The number of hydrogen-bond acceptors (Lipinski definition) is 8. The van der Waals surface area contributed by atoms with E-state index in [1.165, 1.54) is 45.5 Å². The average molecular weight is 407 g/mol. The predicted molar refractivity (Wildman–Crippen MR) is 107 cm³/mol. The van der Waals surface area contributed by atoms with E-state index in [1.54, 1.807) is 6.07 Å². The summed E-state index contributed by atoms with van der Waals surface area (Å²) in [6, 6.07) is 6.35. The van der Waals surface area contributed by atoms with Gasteiger partial charge >= 0.3 is 0 Å². The zero-order valence-corrected chi connectivity index (χ0v) is 16.8. The van der Waals surface area contributed by atoms with Gasteiger partial charge in [0.15, 0.2) is 11.5 Å². The molecule has 3 rings (SSSR count). The Morgan fingerprint density at radius 3 is 2.50 bits per heavy atom. The van der Waals surface area contributed by atoms with Gasteiger partial charge in [-0.25, -0.2) is 23.1 Å². The Morgan fingerprint density at radius 2 is 1.79 bits per heavy atom. The van der Waals surface area contributed by atoms with E-state index in [0.717, 1.165) is 18.9 Å². The Bertz CT molecular complexity index is 901. The molecule has 152 valence electrons. The van der Waals surface area contributed by atoms with Crippen molar-refractivity contribution in [3.63, 3.8) is 0 Å². The lowest BCUT2D eigenvalue weighted by Crippen LogP contribution is -2.29. The minimum absolute atomic E-state index is 0.114. The molecular weight excluding hydrogens is 382 g/mol. The van der Waals surface area contributed by atoms with E-state index >= 15 is 0 Å². The third kappa shape index (κ3) is 4.82. The van der Waals surface area contributed by atoms with Crippen LogP contribution in [-0.4, -0.2) is 58.8 Å². The van der Waals surface area contributed by atoms with Crippen molar-refractivity contribution in [1.82, 2.24) is 14.7 Å². The Labute approximate surface area is 165 Å². The van der Waals surface area contributed by atoms with Crippen molar-refractivity contribution < 1.29 is 17.9 Å². The van der Waals surface area contributed by atoms with Crippen LogP contribution in [0.3, 0.4) is 0 Å². The normalized spacial score (nSPS) is 14.1. The second-order valence-corrected chi connectivity index (χ2v) is 8.06. The number of anilines is 2. The Hall–Kier alpha value is -2.59. The van der Waals surface area contributed by atoms with Gasteiger partial charge in [0.1, 0.15) is 18.0 Å². The van der Waals surface area contributed by atoms with Crippen LogP contribution >= 0.6 is 0 Å². The van der Waals surface area contributed by atoms with Crippen LogP contribution in [-0.2, 0) is 10.0 Å². The molecule has 2 heterocycles. The monoisotopic (exact) mass is 407 g/mol. The molecule has 1 fully saturated rings. The molecule has 28 heavy (non-hydrogen) atoms. The number of methoxy groups -OCH3 is 2. The number of nitrogens with zero attached hydrogens (tertiary/aromatic N) is 3. The summed E-state index contributed by atoms with van der Waals surface area (Å²) in [7, 11) is -0.700. The standard InChI is InChI=1S/C18H25N5O4S/c1-26-15-6-5-14(11-16(15)27-2)28(24,25)22-8-7-19-17-12-18(21-13-20-17)23-9-3-4-10-23/h5-6,11-13,22H,3-4,7-10H2,1-2H3,(H,19,20,21). The summed E-state index contributed by atoms with van der Waals surface area (Å²) >= 11 is 0. The highest BCUT2D eigenvalue weighted by Gasteiger charge is 2.17. The number of benzene rings is 1. The lowest BCUT2D eigenvalue weighted by Gasteiger charge is -2.16. The largest absolute Gasteiger partial charge is 0.493 e. The predicted octanol–water partition coefficient (Wildman–Crippen LogP) is 1.48. The first-order chi connectivity index (χ1) is 13.5. The molecule has 10 heteroatoms. The first-order valence-corrected chi connectivity index (χ1v) is 10.5.